The Bertz CT molecular complexity index is 392. The van der Waals surface area contributed by atoms with Gasteiger partial charge in [-0.3, -0.25) is 0 Å². The summed E-state index contributed by atoms with van der Waals surface area (Å²) in [6.45, 7) is 1.62. The number of hydrogen-bond acceptors (Lipinski definition) is 4. The van der Waals surface area contributed by atoms with E-state index in [-0.39, 0.29) is 0 Å². The van der Waals surface area contributed by atoms with Crippen molar-refractivity contribution in [2.45, 2.75) is 19.4 Å². The van der Waals surface area contributed by atoms with Gasteiger partial charge >= 0.3 is 5.97 Å². The number of carbonyl (C=O) groups is 1. The molecule has 0 saturated carbocycles. The molecule has 16 heavy (non-hydrogen) atoms. The first-order chi connectivity index (χ1) is 7.67. The minimum absolute atomic E-state index is 0.368. The van der Waals surface area contributed by atoms with E-state index in [0.29, 0.717) is 12.2 Å². The number of nitrogens with zero attached hydrogens (tertiary/aromatic N) is 1. The van der Waals surface area contributed by atoms with Gasteiger partial charge < -0.3 is 9.47 Å². The van der Waals surface area contributed by atoms with E-state index in [1.807, 2.05) is 0 Å². The summed E-state index contributed by atoms with van der Waals surface area (Å²) in [5, 5.41) is 8.50. The third-order valence-corrected chi connectivity index (χ3v) is 2.05. The minimum atomic E-state index is -0.633. The van der Waals surface area contributed by atoms with E-state index in [1.165, 1.54) is 7.11 Å². The molecule has 1 aromatic carbocycles. The number of carbonyl (C=O) groups excluding carboxylic acids is 1. The van der Waals surface area contributed by atoms with Crippen LogP contribution in [-0.4, -0.2) is 19.2 Å². The zero-order valence-electron chi connectivity index (χ0n) is 9.27. The zero-order chi connectivity index (χ0) is 12.0. The van der Waals surface area contributed by atoms with E-state index >= 15 is 0 Å². The first-order valence-corrected chi connectivity index (χ1v) is 4.87. The van der Waals surface area contributed by atoms with Crippen LogP contribution in [0.3, 0.4) is 0 Å². The molecule has 0 aromatic heterocycles. The van der Waals surface area contributed by atoms with Crippen molar-refractivity contribution in [1.29, 1.82) is 5.26 Å². The first-order valence-electron chi connectivity index (χ1n) is 4.87. The van der Waals surface area contributed by atoms with Crippen LogP contribution in [0.25, 0.3) is 0 Å². The van der Waals surface area contributed by atoms with Crippen molar-refractivity contribution >= 4 is 5.97 Å². The number of nitriles is 1. The molecule has 0 aliphatic rings. The summed E-state index contributed by atoms with van der Waals surface area (Å²) in [7, 11) is 1.32. The number of rotatable bonds is 4. The van der Waals surface area contributed by atoms with Crippen LogP contribution >= 0.6 is 0 Å². The average molecular weight is 219 g/mol. The maximum Gasteiger partial charge on any atom is 0.346 e. The molecule has 1 aromatic rings. The van der Waals surface area contributed by atoms with Crippen molar-refractivity contribution in [3.05, 3.63) is 29.8 Å². The van der Waals surface area contributed by atoms with Crippen molar-refractivity contribution in [3.63, 3.8) is 0 Å². The fraction of sp³-hybridized carbons (Fsp3) is 0.333. The largest absolute Gasteiger partial charge is 0.479 e. The second-order valence-corrected chi connectivity index (χ2v) is 3.26. The van der Waals surface area contributed by atoms with Crippen molar-refractivity contribution in [3.8, 4) is 11.8 Å². The molecule has 1 atom stereocenters. The van der Waals surface area contributed by atoms with Gasteiger partial charge in [-0.25, -0.2) is 4.79 Å². The van der Waals surface area contributed by atoms with E-state index in [9.17, 15) is 4.79 Å². The molecular weight excluding hydrogens is 206 g/mol. The summed E-state index contributed by atoms with van der Waals surface area (Å²) >= 11 is 0. The lowest BCUT2D eigenvalue weighted by molar-refractivity contribution is -0.147. The third-order valence-electron chi connectivity index (χ3n) is 2.05. The molecule has 84 valence electrons. The summed E-state index contributed by atoms with van der Waals surface area (Å²) < 4.78 is 9.88. The van der Waals surface area contributed by atoms with Crippen LogP contribution < -0.4 is 4.74 Å². The second-order valence-electron chi connectivity index (χ2n) is 3.26. The lowest BCUT2D eigenvalue weighted by Crippen LogP contribution is -2.24. The fourth-order valence-electron chi connectivity index (χ4n) is 1.20. The minimum Gasteiger partial charge on any atom is -0.479 e. The molecule has 0 fully saturated rings. The predicted molar refractivity (Wildman–Crippen MR) is 57.9 cm³/mol. The summed E-state index contributed by atoms with van der Waals surface area (Å²) in [5.74, 6) is 0.167. The third kappa shape index (κ3) is 3.28. The van der Waals surface area contributed by atoms with Crippen LogP contribution in [0, 0.1) is 11.3 Å². The molecule has 0 amide bonds. The van der Waals surface area contributed by atoms with Gasteiger partial charge in [0, 0.05) is 0 Å². The van der Waals surface area contributed by atoms with Crippen LogP contribution in [0.5, 0.6) is 5.75 Å². The van der Waals surface area contributed by atoms with Crippen LogP contribution in [0.1, 0.15) is 12.5 Å². The molecular formula is C12H13NO3. The summed E-state index contributed by atoms with van der Waals surface area (Å²) in [5.41, 5.74) is 0.917. The summed E-state index contributed by atoms with van der Waals surface area (Å²) in [4.78, 5) is 11.1. The lowest BCUT2D eigenvalue weighted by atomic mass is 10.2. The number of ether oxygens (including phenoxy) is 2. The Morgan fingerprint density at radius 1 is 1.44 bits per heavy atom. The number of hydrogen-bond donors (Lipinski definition) is 0. The molecule has 0 aliphatic carbocycles. The molecule has 0 saturated heterocycles. The summed E-state index contributed by atoms with van der Waals surface area (Å²) in [6.07, 6.45) is -0.265. The highest BCUT2D eigenvalue weighted by atomic mass is 16.6. The molecule has 0 radical (unpaired) electrons. The number of methoxy groups -OCH3 is 1. The standard InChI is InChI=1S/C12H13NO3/c1-9(12(14)15-2)16-11-5-3-10(4-6-11)7-8-13/h3-6,9H,7H2,1-2H3/t9-/m1/s1. The molecule has 0 heterocycles. The van der Waals surface area contributed by atoms with Crippen LogP contribution in [0.15, 0.2) is 24.3 Å². The van der Waals surface area contributed by atoms with Crippen molar-refractivity contribution < 1.29 is 14.3 Å². The Labute approximate surface area is 94.4 Å². The lowest BCUT2D eigenvalue weighted by Gasteiger charge is -2.12. The number of esters is 1. The highest BCUT2D eigenvalue weighted by Gasteiger charge is 2.14. The van der Waals surface area contributed by atoms with Crippen molar-refractivity contribution in [2.24, 2.45) is 0 Å². The topological polar surface area (TPSA) is 59.3 Å². The summed E-state index contributed by atoms with van der Waals surface area (Å²) in [6, 6.07) is 9.10. The molecule has 4 nitrogen and oxygen atoms in total. The van der Waals surface area contributed by atoms with Crippen LogP contribution in [0.4, 0.5) is 0 Å². The smallest absolute Gasteiger partial charge is 0.346 e. The van der Waals surface area contributed by atoms with Gasteiger partial charge in [0.25, 0.3) is 0 Å². The Kier molecular flexibility index (Phi) is 4.34. The molecule has 0 N–H and O–H groups in total. The maximum absolute atomic E-state index is 11.1. The molecule has 1 rings (SSSR count). The van der Waals surface area contributed by atoms with E-state index in [1.54, 1.807) is 31.2 Å². The van der Waals surface area contributed by atoms with E-state index in [0.717, 1.165) is 5.56 Å². The van der Waals surface area contributed by atoms with Crippen molar-refractivity contribution in [2.75, 3.05) is 7.11 Å². The second kappa shape index (κ2) is 5.76. The normalized spacial score (nSPS) is 11.3. The Morgan fingerprint density at radius 2 is 2.06 bits per heavy atom. The van der Waals surface area contributed by atoms with Crippen molar-refractivity contribution in [1.82, 2.24) is 0 Å². The Balaban J connectivity index is 2.62. The van der Waals surface area contributed by atoms with Gasteiger partial charge in [-0.1, -0.05) is 12.1 Å². The maximum atomic E-state index is 11.1. The molecule has 0 unspecified atom stereocenters. The van der Waals surface area contributed by atoms with Gasteiger partial charge in [0.1, 0.15) is 5.75 Å². The van der Waals surface area contributed by atoms with Gasteiger partial charge in [0.05, 0.1) is 19.6 Å². The van der Waals surface area contributed by atoms with Gasteiger partial charge in [0.15, 0.2) is 6.10 Å². The van der Waals surface area contributed by atoms with E-state index in [4.69, 9.17) is 10.00 Å². The number of benzene rings is 1. The highest BCUT2D eigenvalue weighted by Crippen LogP contribution is 2.14. The molecule has 0 bridgehead atoms. The Morgan fingerprint density at radius 3 is 2.56 bits per heavy atom. The van der Waals surface area contributed by atoms with Gasteiger partial charge in [-0.2, -0.15) is 5.26 Å². The van der Waals surface area contributed by atoms with Gasteiger partial charge in [0.2, 0.25) is 0 Å². The van der Waals surface area contributed by atoms with E-state index in [2.05, 4.69) is 10.8 Å². The zero-order valence-corrected chi connectivity index (χ0v) is 9.27. The molecule has 0 aliphatic heterocycles. The quantitative estimate of drug-likeness (QED) is 0.723. The van der Waals surface area contributed by atoms with Crippen LogP contribution in [0.2, 0.25) is 0 Å². The van der Waals surface area contributed by atoms with E-state index < -0.39 is 12.1 Å². The van der Waals surface area contributed by atoms with Gasteiger partial charge in [-0.05, 0) is 24.6 Å². The molecule has 4 heteroatoms. The van der Waals surface area contributed by atoms with Gasteiger partial charge in [-0.15, -0.1) is 0 Å². The highest BCUT2D eigenvalue weighted by molar-refractivity contribution is 5.74. The first kappa shape index (κ1) is 12.1. The predicted octanol–water partition coefficient (Wildman–Crippen LogP) is 1.69. The van der Waals surface area contributed by atoms with Crippen LogP contribution in [-0.2, 0) is 16.0 Å². The fourth-order valence-corrected chi connectivity index (χ4v) is 1.20. The SMILES string of the molecule is COC(=O)[C@@H](C)Oc1ccc(CC#N)cc1. The average Bonchev–Trinajstić information content (AvgIpc) is 2.31. The monoisotopic (exact) mass is 219 g/mol. The molecule has 0 spiro atoms. The Hall–Kier alpha value is -2.02.